The van der Waals surface area contributed by atoms with E-state index in [0.29, 0.717) is 23.7 Å². The van der Waals surface area contributed by atoms with Crippen LogP contribution in [0.15, 0.2) is 58.5 Å². The second-order valence-corrected chi connectivity index (χ2v) is 6.87. The maximum atomic E-state index is 12.4. The summed E-state index contributed by atoms with van der Waals surface area (Å²) in [6.07, 6.45) is 0. The van der Waals surface area contributed by atoms with Crippen LogP contribution < -0.4 is 20.6 Å². The summed E-state index contributed by atoms with van der Waals surface area (Å²) in [7, 11) is -3.77. The van der Waals surface area contributed by atoms with Crippen LogP contribution in [0.3, 0.4) is 0 Å². The number of hydrogen-bond donors (Lipinski definition) is 4. The van der Waals surface area contributed by atoms with Gasteiger partial charge in [-0.05, 0) is 55.5 Å². The summed E-state index contributed by atoms with van der Waals surface area (Å²) < 4.78 is 32.7. The second kappa shape index (κ2) is 8.68. The molecule has 0 saturated carbocycles. The Kier molecular flexibility index (Phi) is 6.35. The first kappa shape index (κ1) is 19.7. The number of ether oxygens (including phenoxy) is 1. The molecule has 0 saturated heterocycles. The summed E-state index contributed by atoms with van der Waals surface area (Å²) in [5.41, 5.74) is 8.29. The summed E-state index contributed by atoms with van der Waals surface area (Å²) in [5.74, 6) is 0.183. The minimum atomic E-state index is -3.77. The normalized spacial score (nSPS) is 11.3. The quantitative estimate of drug-likeness (QED) is 0.309. The molecule has 0 heterocycles. The number of nitriles is 1. The van der Waals surface area contributed by atoms with E-state index >= 15 is 0 Å². The van der Waals surface area contributed by atoms with Crippen LogP contribution in [0.4, 0.5) is 11.4 Å². The van der Waals surface area contributed by atoms with Gasteiger partial charge in [-0.2, -0.15) is 10.4 Å². The molecule has 0 unspecified atom stereocenters. The molecule has 10 heteroatoms. The predicted molar refractivity (Wildman–Crippen MR) is 103 cm³/mol. The fourth-order valence-electron chi connectivity index (χ4n) is 1.97. The summed E-state index contributed by atoms with van der Waals surface area (Å²) >= 11 is 0. The standard InChI is InChI=1S/C17H18N6O3S/c1-2-26-14-7-3-13(4-8-14)23-27(24,25)15-9-5-12(6-10-15)21-22-16(11-18)17(19)20/h3-10,21,23H,2H2,1H3,(H3,19,20)/b22-16+. The van der Waals surface area contributed by atoms with Gasteiger partial charge in [0, 0.05) is 5.69 Å². The first-order chi connectivity index (χ1) is 12.9. The molecule has 0 aliphatic heterocycles. The van der Waals surface area contributed by atoms with Gasteiger partial charge in [0.05, 0.1) is 17.2 Å². The van der Waals surface area contributed by atoms with Crippen molar-refractivity contribution in [2.24, 2.45) is 10.8 Å². The number of benzene rings is 2. The first-order valence-corrected chi connectivity index (χ1v) is 9.28. The number of anilines is 2. The highest BCUT2D eigenvalue weighted by atomic mass is 32.2. The van der Waals surface area contributed by atoms with Crippen molar-refractivity contribution in [2.75, 3.05) is 16.8 Å². The van der Waals surface area contributed by atoms with Crippen molar-refractivity contribution in [3.05, 3.63) is 48.5 Å². The summed E-state index contributed by atoms with van der Waals surface area (Å²) in [5, 5.41) is 19.6. The molecule has 140 valence electrons. The lowest BCUT2D eigenvalue weighted by atomic mass is 10.3. The van der Waals surface area contributed by atoms with Crippen LogP contribution in [0, 0.1) is 16.7 Å². The maximum absolute atomic E-state index is 12.4. The molecular weight excluding hydrogens is 368 g/mol. The first-order valence-electron chi connectivity index (χ1n) is 7.79. The Balaban J connectivity index is 2.10. The zero-order valence-corrected chi connectivity index (χ0v) is 15.2. The second-order valence-electron chi connectivity index (χ2n) is 5.18. The zero-order valence-electron chi connectivity index (χ0n) is 14.4. The van der Waals surface area contributed by atoms with Crippen LogP contribution in [0.5, 0.6) is 5.75 Å². The van der Waals surface area contributed by atoms with Gasteiger partial charge < -0.3 is 10.5 Å². The number of nitrogens with zero attached hydrogens (tertiary/aromatic N) is 2. The van der Waals surface area contributed by atoms with Crippen molar-refractivity contribution < 1.29 is 13.2 Å². The van der Waals surface area contributed by atoms with Crippen molar-refractivity contribution in [3.8, 4) is 11.8 Å². The van der Waals surface area contributed by atoms with Crippen LogP contribution in [0.1, 0.15) is 6.92 Å². The van der Waals surface area contributed by atoms with Gasteiger partial charge >= 0.3 is 0 Å². The fraction of sp³-hybridized carbons (Fsp3) is 0.118. The Morgan fingerprint density at radius 3 is 2.30 bits per heavy atom. The molecule has 0 aromatic heterocycles. The highest BCUT2D eigenvalue weighted by Gasteiger charge is 2.14. The molecule has 0 bridgehead atoms. The molecule has 9 nitrogen and oxygen atoms in total. The largest absolute Gasteiger partial charge is 0.494 e. The van der Waals surface area contributed by atoms with Gasteiger partial charge in [0.2, 0.25) is 5.71 Å². The number of sulfonamides is 1. The molecule has 27 heavy (non-hydrogen) atoms. The number of nitrogens with two attached hydrogens (primary N) is 1. The highest BCUT2D eigenvalue weighted by molar-refractivity contribution is 7.92. The highest BCUT2D eigenvalue weighted by Crippen LogP contribution is 2.20. The van der Waals surface area contributed by atoms with Crippen molar-refractivity contribution in [2.45, 2.75) is 11.8 Å². The molecule has 2 aromatic carbocycles. The van der Waals surface area contributed by atoms with Crippen LogP contribution in [0.2, 0.25) is 0 Å². The third-order valence-corrected chi connectivity index (χ3v) is 4.64. The summed E-state index contributed by atoms with van der Waals surface area (Å²) in [6, 6.07) is 14.0. The maximum Gasteiger partial charge on any atom is 0.261 e. The fourth-order valence-corrected chi connectivity index (χ4v) is 3.03. The van der Waals surface area contributed by atoms with Gasteiger partial charge in [-0.1, -0.05) is 0 Å². The molecule has 0 atom stereocenters. The number of rotatable bonds is 8. The van der Waals surface area contributed by atoms with Gasteiger partial charge in [-0.25, -0.2) is 8.42 Å². The van der Waals surface area contributed by atoms with E-state index in [1.807, 2.05) is 6.92 Å². The Morgan fingerprint density at radius 2 is 1.78 bits per heavy atom. The van der Waals surface area contributed by atoms with E-state index in [0.717, 1.165) is 0 Å². The minimum Gasteiger partial charge on any atom is -0.494 e. The summed E-state index contributed by atoms with van der Waals surface area (Å²) in [4.78, 5) is 0.0537. The molecule has 0 radical (unpaired) electrons. The predicted octanol–water partition coefficient (Wildman–Crippen LogP) is 2.11. The van der Waals surface area contributed by atoms with E-state index in [1.54, 1.807) is 30.3 Å². The van der Waals surface area contributed by atoms with Crippen molar-refractivity contribution in [1.82, 2.24) is 0 Å². The molecule has 0 amide bonds. The van der Waals surface area contributed by atoms with Crippen molar-refractivity contribution in [3.63, 3.8) is 0 Å². The van der Waals surface area contributed by atoms with Crippen LogP contribution >= 0.6 is 0 Å². The van der Waals surface area contributed by atoms with Gasteiger partial charge in [0.1, 0.15) is 11.8 Å². The van der Waals surface area contributed by atoms with E-state index in [4.69, 9.17) is 21.1 Å². The zero-order chi connectivity index (χ0) is 19.9. The monoisotopic (exact) mass is 386 g/mol. The van der Waals surface area contributed by atoms with Crippen molar-refractivity contribution in [1.29, 1.82) is 10.7 Å². The Labute approximate surface area is 157 Å². The number of hydrazone groups is 1. The lowest BCUT2D eigenvalue weighted by Crippen LogP contribution is -2.21. The van der Waals surface area contributed by atoms with Gasteiger partial charge in [0.15, 0.2) is 5.84 Å². The number of nitrogens with one attached hydrogen (secondary N) is 3. The van der Waals surface area contributed by atoms with Crippen molar-refractivity contribution >= 4 is 32.9 Å². The molecule has 0 aliphatic rings. The van der Waals surface area contributed by atoms with Gasteiger partial charge in [-0.15, -0.1) is 0 Å². The van der Waals surface area contributed by atoms with Gasteiger partial charge in [-0.3, -0.25) is 15.6 Å². The molecule has 0 spiro atoms. The molecule has 2 rings (SSSR count). The van der Waals surface area contributed by atoms with E-state index in [9.17, 15) is 8.42 Å². The molecule has 5 N–H and O–H groups in total. The number of amidine groups is 1. The van der Waals surface area contributed by atoms with Gasteiger partial charge in [0.25, 0.3) is 10.0 Å². The Morgan fingerprint density at radius 1 is 1.19 bits per heavy atom. The topological polar surface area (TPSA) is 153 Å². The van der Waals surface area contributed by atoms with Crippen LogP contribution in [0.25, 0.3) is 0 Å². The minimum absolute atomic E-state index is 0.0537. The Bertz CT molecular complexity index is 977. The third kappa shape index (κ3) is 5.45. The average Bonchev–Trinajstić information content (AvgIpc) is 2.64. The third-order valence-electron chi connectivity index (χ3n) is 3.24. The SMILES string of the molecule is CCOc1ccc(NS(=O)(=O)c2ccc(N/N=C(\C#N)C(=N)N)cc2)cc1. The van der Waals surface area contributed by atoms with E-state index in [1.165, 1.54) is 24.3 Å². The van der Waals surface area contributed by atoms with Crippen LogP contribution in [-0.4, -0.2) is 26.6 Å². The summed E-state index contributed by atoms with van der Waals surface area (Å²) in [6.45, 7) is 2.39. The van der Waals surface area contributed by atoms with E-state index < -0.39 is 15.9 Å². The smallest absolute Gasteiger partial charge is 0.261 e. The molecule has 0 fully saturated rings. The molecule has 0 aliphatic carbocycles. The van der Waals surface area contributed by atoms with E-state index in [2.05, 4.69) is 15.2 Å². The molecular formula is C17H18N6O3S. The lowest BCUT2D eigenvalue weighted by molar-refractivity contribution is 0.340. The average molecular weight is 386 g/mol. The van der Waals surface area contributed by atoms with Crippen LogP contribution in [-0.2, 0) is 10.0 Å². The lowest BCUT2D eigenvalue weighted by Gasteiger charge is -2.10. The molecule has 2 aromatic rings. The number of hydrogen-bond acceptors (Lipinski definition) is 7. The van der Waals surface area contributed by atoms with E-state index in [-0.39, 0.29) is 10.6 Å². The Hall–Kier alpha value is -3.58.